The third kappa shape index (κ3) is 3.34. The van der Waals surface area contributed by atoms with E-state index >= 15 is 0 Å². The van der Waals surface area contributed by atoms with Gasteiger partial charge in [0.15, 0.2) is 0 Å². The highest BCUT2D eigenvalue weighted by Crippen LogP contribution is 2.01. The Kier molecular flexibility index (Phi) is 3.98. The van der Waals surface area contributed by atoms with Crippen molar-refractivity contribution in [2.45, 2.75) is 26.4 Å². The molecule has 0 aliphatic carbocycles. The van der Waals surface area contributed by atoms with E-state index in [1.807, 2.05) is 0 Å². The van der Waals surface area contributed by atoms with Gasteiger partial charge in [-0.3, -0.25) is 4.79 Å². The molecule has 1 amide bonds. The third-order valence-corrected chi connectivity index (χ3v) is 2.03. The zero-order chi connectivity index (χ0) is 12.1. The van der Waals surface area contributed by atoms with E-state index in [2.05, 4.69) is 15.6 Å². The molecule has 0 aliphatic heterocycles. The lowest BCUT2D eigenvalue weighted by Gasteiger charge is -2.17. The van der Waals surface area contributed by atoms with Crippen molar-refractivity contribution in [2.75, 3.05) is 0 Å². The molecule has 1 rings (SSSR count). The van der Waals surface area contributed by atoms with Crippen LogP contribution in [0.5, 0.6) is 0 Å². The van der Waals surface area contributed by atoms with E-state index in [9.17, 15) is 9.59 Å². The van der Waals surface area contributed by atoms with Crippen LogP contribution in [-0.2, 0) is 16.1 Å². The molecule has 0 aromatic carbocycles. The van der Waals surface area contributed by atoms with Gasteiger partial charge in [-0.25, -0.2) is 9.48 Å². The molecule has 2 N–H and O–H groups in total. The Labute approximate surface area is 92.4 Å². The molecule has 0 bridgehead atoms. The summed E-state index contributed by atoms with van der Waals surface area (Å²) in [7, 11) is 0. The number of nitrogens with zero attached hydrogens (tertiary/aromatic N) is 3. The van der Waals surface area contributed by atoms with E-state index in [0.29, 0.717) is 0 Å². The Morgan fingerprint density at radius 1 is 1.50 bits per heavy atom. The summed E-state index contributed by atoms with van der Waals surface area (Å²) in [6, 6.07) is -0.879. The van der Waals surface area contributed by atoms with Crippen LogP contribution in [0.25, 0.3) is 0 Å². The smallest absolute Gasteiger partial charge is 0.326 e. The van der Waals surface area contributed by atoms with Crippen molar-refractivity contribution < 1.29 is 14.7 Å². The van der Waals surface area contributed by atoms with Crippen molar-refractivity contribution in [2.24, 2.45) is 5.92 Å². The maximum Gasteiger partial charge on any atom is 0.326 e. The minimum atomic E-state index is -1.04. The number of carboxylic acid groups (broad SMARTS) is 1. The van der Waals surface area contributed by atoms with Crippen molar-refractivity contribution in [3.05, 3.63) is 12.4 Å². The lowest BCUT2D eigenvalue weighted by Crippen LogP contribution is -2.45. The fourth-order valence-electron chi connectivity index (χ4n) is 1.20. The quantitative estimate of drug-likeness (QED) is 0.705. The molecule has 1 aromatic rings. The lowest BCUT2D eigenvalue weighted by molar-refractivity contribution is -0.143. The summed E-state index contributed by atoms with van der Waals surface area (Å²) in [4.78, 5) is 22.3. The van der Waals surface area contributed by atoms with Crippen molar-refractivity contribution in [3.63, 3.8) is 0 Å². The number of aliphatic carboxylic acids is 1. The van der Waals surface area contributed by atoms with E-state index in [1.165, 1.54) is 17.1 Å². The topological polar surface area (TPSA) is 97.1 Å². The summed E-state index contributed by atoms with van der Waals surface area (Å²) in [5.74, 6) is -1.61. The second-order valence-electron chi connectivity index (χ2n) is 3.73. The molecule has 1 aromatic heterocycles. The van der Waals surface area contributed by atoms with Crippen molar-refractivity contribution in [3.8, 4) is 0 Å². The highest BCUT2D eigenvalue weighted by atomic mass is 16.4. The number of rotatable bonds is 5. The molecule has 7 heteroatoms. The number of carbonyl (C=O) groups is 2. The van der Waals surface area contributed by atoms with Gasteiger partial charge < -0.3 is 10.4 Å². The molecular weight excluding hydrogens is 212 g/mol. The van der Waals surface area contributed by atoms with E-state index in [-0.39, 0.29) is 12.5 Å². The van der Waals surface area contributed by atoms with Crippen LogP contribution in [0.15, 0.2) is 12.4 Å². The van der Waals surface area contributed by atoms with E-state index < -0.39 is 17.9 Å². The Morgan fingerprint density at radius 3 is 2.62 bits per heavy atom. The molecule has 0 radical (unpaired) electrons. The van der Waals surface area contributed by atoms with Crippen LogP contribution in [-0.4, -0.2) is 38.0 Å². The second kappa shape index (κ2) is 5.24. The fourth-order valence-corrected chi connectivity index (χ4v) is 1.20. The molecular formula is C9H14N4O3. The standard InChI is InChI=1S/C9H14N4O3/c1-6(2)8(9(15)16)11-7(14)5-13-4-3-10-12-13/h3-4,6,8H,5H2,1-2H3,(H,11,14)(H,15,16). The third-order valence-electron chi connectivity index (χ3n) is 2.03. The molecule has 0 saturated heterocycles. The van der Waals surface area contributed by atoms with E-state index in [0.717, 1.165) is 0 Å². The summed E-state index contributed by atoms with van der Waals surface area (Å²) in [6.45, 7) is 3.43. The number of carbonyl (C=O) groups excluding carboxylic acids is 1. The first-order valence-corrected chi connectivity index (χ1v) is 4.87. The highest BCUT2D eigenvalue weighted by Gasteiger charge is 2.23. The molecule has 0 saturated carbocycles. The predicted molar refractivity (Wildman–Crippen MR) is 54.4 cm³/mol. The normalized spacial score (nSPS) is 12.4. The maximum absolute atomic E-state index is 11.5. The van der Waals surface area contributed by atoms with Gasteiger partial charge in [0, 0.05) is 6.20 Å². The van der Waals surface area contributed by atoms with Crippen LogP contribution in [0, 0.1) is 5.92 Å². The average Bonchev–Trinajstić information content (AvgIpc) is 2.65. The number of hydrogen-bond donors (Lipinski definition) is 2. The Balaban J connectivity index is 2.52. The number of carboxylic acids is 1. The Morgan fingerprint density at radius 2 is 2.19 bits per heavy atom. The number of aromatic nitrogens is 3. The van der Waals surface area contributed by atoms with Gasteiger partial charge in [0.25, 0.3) is 0 Å². The molecule has 1 heterocycles. The van der Waals surface area contributed by atoms with Crippen LogP contribution in [0.1, 0.15) is 13.8 Å². The fraction of sp³-hybridized carbons (Fsp3) is 0.556. The largest absolute Gasteiger partial charge is 0.480 e. The maximum atomic E-state index is 11.5. The lowest BCUT2D eigenvalue weighted by atomic mass is 10.1. The average molecular weight is 226 g/mol. The van der Waals surface area contributed by atoms with Gasteiger partial charge in [-0.05, 0) is 5.92 Å². The second-order valence-corrected chi connectivity index (χ2v) is 3.73. The molecule has 0 fully saturated rings. The summed E-state index contributed by atoms with van der Waals surface area (Å²) in [6.07, 6.45) is 2.98. The summed E-state index contributed by atoms with van der Waals surface area (Å²) in [5, 5.41) is 18.4. The minimum Gasteiger partial charge on any atom is -0.480 e. The van der Waals surface area contributed by atoms with Crippen molar-refractivity contribution in [1.82, 2.24) is 20.3 Å². The molecule has 0 spiro atoms. The van der Waals surface area contributed by atoms with Gasteiger partial charge in [0.2, 0.25) is 5.91 Å². The minimum absolute atomic E-state index is 0.0312. The molecule has 16 heavy (non-hydrogen) atoms. The van der Waals surface area contributed by atoms with Gasteiger partial charge in [-0.15, -0.1) is 5.10 Å². The Hall–Kier alpha value is -1.92. The SMILES string of the molecule is CC(C)C(NC(=O)Cn1ccnn1)C(=O)O. The van der Waals surface area contributed by atoms with E-state index in [1.54, 1.807) is 13.8 Å². The van der Waals surface area contributed by atoms with Gasteiger partial charge in [0.05, 0.1) is 6.20 Å². The highest BCUT2D eigenvalue weighted by molar-refractivity contribution is 5.83. The van der Waals surface area contributed by atoms with Crippen LogP contribution in [0.4, 0.5) is 0 Å². The Bertz CT molecular complexity index is 361. The molecule has 0 aliphatic rings. The van der Waals surface area contributed by atoms with E-state index in [4.69, 9.17) is 5.11 Å². The molecule has 1 atom stereocenters. The summed E-state index contributed by atoms with van der Waals surface area (Å²) >= 11 is 0. The van der Waals surface area contributed by atoms with Crippen LogP contribution >= 0.6 is 0 Å². The summed E-state index contributed by atoms with van der Waals surface area (Å²) in [5.41, 5.74) is 0. The monoisotopic (exact) mass is 226 g/mol. The van der Waals surface area contributed by atoms with Crippen molar-refractivity contribution >= 4 is 11.9 Å². The van der Waals surface area contributed by atoms with Crippen molar-refractivity contribution in [1.29, 1.82) is 0 Å². The van der Waals surface area contributed by atoms with Gasteiger partial charge >= 0.3 is 5.97 Å². The zero-order valence-corrected chi connectivity index (χ0v) is 9.12. The van der Waals surface area contributed by atoms with Gasteiger partial charge in [0.1, 0.15) is 12.6 Å². The first-order chi connectivity index (χ1) is 7.50. The van der Waals surface area contributed by atoms with Gasteiger partial charge in [-0.1, -0.05) is 19.1 Å². The first-order valence-electron chi connectivity index (χ1n) is 4.87. The number of nitrogens with one attached hydrogen (secondary N) is 1. The number of amides is 1. The zero-order valence-electron chi connectivity index (χ0n) is 9.12. The predicted octanol–water partition coefficient (Wildman–Crippen LogP) is -0.497. The number of hydrogen-bond acceptors (Lipinski definition) is 4. The summed E-state index contributed by atoms with van der Waals surface area (Å²) < 4.78 is 1.33. The van der Waals surface area contributed by atoms with Gasteiger partial charge in [-0.2, -0.15) is 0 Å². The molecule has 7 nitrogen and oxygen atoms in total. The molecule has 88 valence electrons. The molecule has 1 unspecified atom stereocenters. The first kappa shape index (κ1) is 12.2. The van der Waals surface area contributed by atoms with Crippen LogP contribution in [0.2, 0.25) is 0 Å². The van der Waals surface area contributed by atoms with Crippen LogP contribution < -0.4 is 5.32 Å². The van der Waals surface area contributed by atoms with Crippen LogP contribution in [0.3, 0.4) is 0 Å².